The van der Waals surface area contributed by atoms with E-state index in [1.54, 1.807) is 7.11 Å². The van der Waals surface area contributed by atoms with Gasteiger partial charge in [-0.25, -0.2) is 4.98 Å². The molecule has 0 saturated heterocycles. The van der Waals surface area contributed by atoms with Gasteiger partial charge in [-0.05, 0) is 20.0 Å². The van der Waals surface area contributed by atoms with E-state index >= 15 is 0 Å². The molecule has 3 heterocycles. The van der Waals surface area contributed by atoms with Crippen LogP contribution in [0.1, 0.15) is 18.8 Å². The molecule has 2 aromatic rings. The van der Waals surface area contributed by atoms with Crippen LogP contribution in [0.25, 0.3) is 11.5 Å². The van der Waals surface area contributed by atoms with E-state index in [9.17, 15) is 0 Å². The molecular formula is C13H17N5O. The lowest BCUT2D eigenvalue weighted by Crippen LogP contribution is -2.34. The minimum atomic E-state index is 0.278. The molecular weight excluding hydrogens is 242 g/mol. The highest BCUT2D eigenvalue weighted by atomic mass is 16.5. The molecule has 19 heavy (non-hydrogen) atoms. The molecule has 6 nitrogen and oxygen atoms in total. The van der Waals surface area contributed by atoms with Crippen molar-refractivity contribution in [1.29, 1.82) is 0 Å². The van der Waals surface area contributed by atoms with E-state index in [1.807, 2.05) is 18.2 Å². The van der Waals surface area contributed by atoms with Gasteiger partial charge in [-0.3, -0.25) is 4.90 Å². The Hall–Kier alpha value is -1.95. The van der Waals surface area contributed by atoms with Crippen LogP contribution in [-0.4, -0.2) is 45.4 Å². The fraction of sp³-hybridized carbons (Fsp3) is 0.462. The summed E-state index contributed by atoms with van der Waals surface area (Å²) in [6.45, 7) is 4.02. The van der Waals surface area contributed by atoms with Crippen molar-refractivity contribution in [3.63, 3.8) is 0 Å². The summed E-state index contributed by atoms with van der Waals surface area (Å²) in [4.78, 5) is 6.70. The topological polar surface area (TPSA) is 56.1 Å². The maximum absolute atomic E-state index is 5.16. The molecule has 1 aliphatic heterocycles. The second kappa shape index (κ2) is 4.62. The Labute approximate surface area is 112 Å². The van der Waals surface area contributed by atoms with Gasteiger partial charge in [0.1, 0.15) is 11.5 Å². The summed E-state index contributed by atoms with van der Waals surface area (Å²) in [6, 6.07) is 5.96. The third-order valence-electron chi connectivity index (χ3n) is 3.65. The van der Waals surface area contributed by atoms with Crippen LogP contribution >= 0.6 is 0 Å². The predicted molar refractivity (Wildman–Crippen MR) is 70.9 cm³/mol. The molecule has 1 atom stereocenters. The number of fused-ring (bicyclic) bond motifs is 1. The maximum Gasteiger partial charge on any atom is 0.213 e. The summed E-state index contributed by atoms with van der Waals surface area (Å²) in [5, 5.41) is 8.61. The van der Waals surface area contributed by atoms with Crippen LogP contribution in [0.2, 0.25) is 0 Å². The monoisotopic (exact) mass is 259 g/mol. The van der Waals surface area contributed by atoms with Crippen molar-refractivity contribution < 1.29 is 4.74 Å². The largest absolute Gasteiger partial charge is 0.481 e. The minimum absolute atomic E-state index is 0.278. The molecule has 0 aromatic carbocycles. The fourth-order valence-corrected chi connectivity index (χ4v) is 2.34. The maximum atomic E-state index is 5.16. The van der Waals surface area contributed by atoms with Gasteiger partial charge in [0.05, 0.1) is 13.2 Å². The first-order valence-electron chi connectivity index (χ1n) is 6.35. The molecule has 0 amide bonds. The van der Waals surface area contributed by atoms with E-state index in [4.69, 9.17) is 4.74 Å². The Balaban J connectivity index is 2.05. The molecule has 0 aliphatic carbocycles. The molecule has 1 unspecified atom stereocenters. The third kappa shape index (κ3) is 1.98. The summed E-state index contributed by atoms with van der Waals surface area (Å²) in [7, 11) is 3.72. The van der Waals surface area contributed by atoms with Gasteiger partial charge in [0.15, 0.2) is 5.82 Å². The number of pyridine rings is 1. The average Bonchev–Trinajstić information content (AvgIpc) is 2.87. The van der Waals surface area contributed by atoms with Crippen LogP contribution in [0.5, 0.6) is 5.88 Å². The van der Waals surface area contributed by atoms with E-state index in [-0.39, 0.29) is 6.04 Å². The molecule has 0 radical (unpaired) electrons. The van der Waals surface area contributed by atoms with Crippen LogP contribution in [-0.2, 0) is 6.54 Å². The Bertz CT molecular complexity index is 594. The van der Waals surface area contributed by atoms with Gasteiger partial charge in [0.2, 0.25) is 5.88 Å². The fourth-order valence-electron chi connectivity index (χ4n) is 2.34. The van der Waals surface area contributed by atoms with E-state index in [1.165, 1.54) is 0 Å². The number of nitrogens with zero attached hydrogens (tertiary/aromatic N) is 5. The van der Waals surface area contributed by atoms with E-state index < -0.39 is 0 Å². The zero-order valence-corrected chi connectivity index (χ0v) is 11.4. The first-order chi connectivity index (χ1) is 9.20. The molecule has 0 fully saturated rings. The number of methoxy groups -OCH3 is 1. The van der Waals surface area contributed by atoms with Gasteiger partial charge >= 0.3 is 0 Å². The van der Waals surface area contributed by atoms with Crippen LogP contribution in [0.3, 0.4) is 0 Å². The lowest BCUT2D eigenvalue weighted by molar-refractivity contribution is 0.206. The number of rotatable bonds is 2. The van der Waals surface area contributed by atoms with Crippen LogP contribution < -0.4 is 4.74 Å². The van der Waals surface area contributed by atoms with Crippen LogP contribution in [0, 0.1) is 0 Å². The van der Waals surface area contributed by atoms with Crippen LogP contribution in [0.4, 0.5) is 0 Å². The summed E-state index contributed by atoms with van der Waals surface area (Å²) >= 11 is 0. The molecule has 0 bridgehead atoms. The molecule has 0 spiro atoms. The first kappa shape index (κ1) is 12.1. The first-order valence-corrected chi connectivity index (χ1v) is 6.35. The van der Waals surface area contributed by atoms with Crippen molar-refractivity contribution >= 4 is 0 Å². The quantitative estimate of drug-likeness (QED) is 0.815. The molecule has 0 saturated carbocycles. The van der Waals surface area contributed by atoms with E-state index in [0.717, 1.165) is 30.4 Å². The second-order valence-electron chi connectivity index (χ2n) is 4.76. The minimum Gasteiger partial charge on any atom is -0.481 e. The van der Waals surface area contributed by atoms with Crippen molar-refractivity contribution in [3.05, 3.63) is 24.0 Å². The van der Waals surface area contributed by atoms with E-state index in [0.29, 0.717) is 5.88 Å². The zero-order chi connectivity index (χ0) is 13.4. The highest BCUT2D eigenvalue weighted by Gasteiger charge is 2.26. The lowest BCUT2D eigenvalue weighted by atomic mass is 10.2. The second-order valence-corrected chi connectivity index (χ2v) is 4.76. The molecule has 2 aromatic heterocycles. The van der Waals surface area contributed by atoms with Gasteiger partial charge < -0.3 is 9.30 Å². The summed E-state index contributed by atoms with van der Waals surface area (Å²) < 4.78 is 7.30. The predicted octanol–water partition coefficient (Wildman–Crippen LogP) is 1.36. The smallest absolute Gasteiger partial charge is 0.213 e. The highest BCUT2D eigenvalue weighted by molar-refractivity contribution is 5.50. The SMILES string of the molecule is COc1cccc(-c2nnc3n2CCN(C)C3C)n1. The van der Waals surface area contributed by atoms with Crippen molar-refractivity contribution in [3.8, 4) is 17.4 Å². The van der Waals surface area contributed by atoms with Gasteiger partial charge in [-0.2, -0.15) is 0 Å². The van der Waals surface area contributed by atoms with Crippen molar-refractivity contribution in [2.75, 3.05) is 20.7 Å². The van der Waals surface area contributed by atoms with Gasteiger partial charge in [-0.15, -0.1) is 10.2 Å². The Morgan fingerprint density at radius 1 is 1.26 bits per heavy atom. The lowest BCUT2D eigenvalue weighted by Gasteiger charge is -2.30. The standard InChI is InChI=1S/C13H17N5O/c1-9-12-15-16-13(18(12)8-7-17(9)2)10-5-4-6-11(14-10)19-3/h4-6,9H,7-8H2,1-3H3. The van der Waals surface area contributed by atoms with Gasteiger partial charge in [0.25, 0.3) is 0 Å². The number of hydrogen-bond acceptors (Lipinski definition) is 5. The molecule has 6 heteroatoms. The van der Waals surface area contributed by atoms with Crippen LogP contribution in [0.15, 0.2) is 18.2 Å². The number of ether oxygens (including phenoxy) is 1. The highest BCUT2D eigenvalue weighted by Crippen LogP contribution is 2.26. The summed E-state index contributed by atoms with van der Waals surface area (Å²) in [5.74, 6) is 2.40. The number of hydrogen-bond donors (Lipinski definition) is 0. The molecule has 100 valence electrons. The zero-order valence-electron chi connectivity index (χ0n) is 11.4. The number of likely N-dealkylation sites (N-methyl/N-ethyl adjacent to an activating group) is 1. The normalized spacial score (nSPS) is 19.2. The molecule has 3 rings (SSSR count). The average molecular weight is 259 g/mol. The third-order valence-corrected chi connectivity index (χ3v) is 3.65. The van der Waals surface area contributed by atoms with Crippen molar-refractivity contribution in [1.82, 2.24) is 24.6 Å². The summed E-state index contributed by atoms with van der Waals surface area (Å²) in [5.41, 5.74) is 0.801. The molecule has 1 aliphatic rings. The van der Waals surface area contributed by atoms with E-state index in [2.05, 4.69) is 38.6 Å². The Morgan fingerprint density at radius 3 is 2.89 bits per heavy atom. The summed E-state index contributed by atoms with van der Waals surface area (Å²) in [6.07, 6.45) is 0. The van der Waals surface area contributed by atoms with Gasteiger partial charge in [0, 0.05) is 19.2 Å². The Morgan fingerprint density at radius 2 is 2.11 bits per heavy atom. The molecule has 0 N–H and O–H groups in total. The Kier molecular flexibility index (Phi) is 2.94. The van der Waals surface area contributed by atoms with Crippen molar-refractivity contribution in [2.45, 2.75) is 19.5 Å². The van der Waals surface area contributed by atoms with Gasteiger partial charge in [-0.1, -0.05) is 6.07 Å². The van der Waals surface area contributed by atoms with Crippen molar-refractivity contribution in [2.24, 2.45) is 0 Å². The number of aromatic nitrogens is 4.